The second kappa shape index (κ2) is 14.3. The molecule has 0 bridgehead atoms. The summed E-state index contributed by atoms with van der Waals surface area (Å²) in [5.41, 5.74) is 5.66. The number of amides is 1. The number of likely N-dealkylation sites (N-methyl/N-ethyl adjacent to an activating group) is 1. The van der Waals surface area contributed by atoms with Gasteiger partial charge in [0.25, 0.3) is 0 Å². The number of hydrogen-bond acceptors (Lipinski definition) is 4. The first kappa shape index (κ1) is 24.0. The Morgan fingerprint density at radius 2 is 1.89 bits per heavy atom. The SMILES string of the molecule is COCCN(C)CCCNC(=O)C(C)C(C)N.Cl.Cl. The van der Waals surface area contributed by atoms with Crippen LogP contribution in [0, 0.1) is 5.92 Å². The lowest BCUT2D eigenvalue weighted by Crippen LogP contribution is -2.39. The van der Waals surface area contributed by atoms with Gasteiger partial charge in [-0.1, -0.05) is 6.92 Å². The van der Waals surface area contributed by atoms with Crippen LogP contribution in [-0.4, -0.2) is 57.2 Å². The van der Waals surface area contributed by atoms with Gasteiger partial charge in [-0.05, 0) is 26.9 Å². The van der Waals surface area contributed by atoms with E-state index in [4.69, 9.17) is 10.5 Å². The van der Waals surface area contributed by atoms with Crippen molar-refractivity contribution in [1.29, 1.82) is 0 Å². The van der Waals surface area contributed by atoms with Crippen LogP contribution in [0.15, 0.2) is 0 Å². The monoisotopic (exact) mass is 317 g/mol. The van der Waals surface area contributed by atoms with E-state index in [1.165, 1.54) is 0 Å². The molecule has 7 heteroatoms. The van der Waals surface area contributed by atoms with E-state index in [2.05, 4.69) is 10.2 Å². The van der Waals surface area contributed by atoms with Gasteiger partial charge < -0.3 is 20.7 Å². The Labute approximate surface area is 129 Å². The van der Waals surface area contributed by atoms with Crippen LogP contribution in [0.1, 0.15) is 20.3 Å². The zero-order valence-corrected chi connectivity index (χ0v) is 14.0. The number of ether oxygens (including phenoxy) is 1. The van der Waals surface area contributed by atoms with E-state index >= 15 is 0 Å². The smallest absolute Gasteiger partial charge is 0.224 e. The highest BCUT2D eigenvalue weighted by atomic mass is 35.5. The Kier molecular flexibility index (Phi) is 18.1. The highest BCUT2D eigenvalue weighted by Gasteiger charge is 2.15. The zero-order chi connectivity index (χ0) is 13.3. The first-order valence-electron chi connectivity index (χ1n) is 6.19. The number of methoxy groups -OCH3 is 1. The summed E-state index contributed by atoms with van der Waals surface area (Å²) in [7, 11) is 3.74. The quantitative estimate of drug-likeness (QED) is 0.620. The van der Waals surface area contributed by atoms with Crippen molar-refractivity contribution < 1.29 is 9.53 Å². The van der Waals surface area contributed by atoms with Crippen molar-refractivity contribution in [3.63, 3.8) is 0 Å². The number of nitrogens with zero attached hydrogens (tertiary/aromatic N) is 1. The minimum atomic E-state index is -0.124. The lowest BCUT2D eigenvalue weighted by atomic mass is 10.0. The first-order chi connectivity index (χ1) is 7.99. The molecule has 0 aliphatic carbocycles. The average Bonchev–Trinajstić information content (AvgIpc) is 2.30. The highest BCUT2D eigenvalue weighted by molar-refractivity contribution is 5.85. The van der Waals surface area contributed by atoms with E-state index in [0.29, 0.717) is 6.54 Å². The Bertz CT molecular complexity index is 219. The second-order valence-corrected chi connectivity index (χ2v) is 4.59. The van der Waals surface area contributed by atoms with Gasteiger partial charge in [0.05, 0.1) is 6.61 Å². The van der Waals surface area contributed by atoms with Crippen molar-refractivity contribution in [3.05, 3.63) is 0 Å². The van der Waals surface area contributed by atoms with E-state index in [-0.39, 0.29) is 42.7 Å². The van der Waals surface area contributed by atoms with Gasteiger partial charge >= 0.3 is 0 Å². The number of nitrogens with two attached hydrogens (primary N) is 1. The van der Waals surface area contributed by atoms with Gasteiger partial charge in [-0.2, -0.15) is 0 Å². The van der Waals surface area contributed by atoms with E-state index in [1.807, 2.05) is 20.9 Å². The molecular weight excluding hydrogens is 289 g/mol. The number of carbonyl (C=O) groups is 1. The summed E-state index contributed by atoms with van der Waals surface area (Å²) in [6.45, 7) is 7.02. The molecule has 0 aromatic heterocycles. The Morgan fingerprint density at radius 3 is 2.37 bits per heavy atom. The number of nitrogens with one attached hydrogen (secondary N) is 1. The summed E-state index contributed by atoms with van der Waals surface area (Å²) in [4.78, 5) is 13.8. The number of carbonyl (C=O) groups excluding carboxylic acids is 1. The normalized spacial score (nSPS) is 13.2. The van der Waals surface area contributed by atoms with Crippen molar-refractivity contribution in [2.45, 2.75) is 26.3 Å². The zero-order valence-electron chi connectivity index (χ0n) is 12.3. The summed E-state index contributed by atoms with van der Waals surface area (Å²) in [5.74, 6) is -0.0826. The standard InChI is InChI=1S/C12H27N3O2.2ClH/c1-10(11(2)13)12(16)14-6-5-7-15(3)8-9-17-4;;/h10-11H,5-9,13H2,1-4H3,(H,14,16);2*1H. The summed E-state index contributed by atoms with van der Waals surface area (Å²) >= 11 is 0. The first-order valence-corrected chi connectivity index (χ1v) is 6.19. The molecule has 3 N–H and O–H groups in total. The molecular formula is C12H29Cl2N3O2. The molecule has 0 aromatic rings. The van der Waals surface area contributed by atoms with Gasteiger partial charge in [0.1, 0.15) is 0 Å². The average molecular weight is 318 g/mol. The van der Waals surface area contributed by atoms with Crippen molar-refractivity contribution in [3.8, 4) is 0 Å². The van der Waals surface area contributed by atoms with E-state index in [0.717, 1.165) is 26.1 Å². The molecule has 1 amide bonds. The van der Waals surface area contributed by atoms with Gasteiger partial charge in [-0.25, -0.2) is 0 Å². The van der Waals surface area contributed by atoms with Crippen LogP contribution < -0.4 is 11.1 Å². The molecule has 0 saturated heterocycles. The highest BCUT2D eigenvalue weighted by Crippen LogP contribution is 1.99. The molecule has 0 aliphatic heterocycles. The van der Waals surface area contributed by atoms with Crippen LogP contribution in [0.3, 0.4) is 0 Å². The second-order valence-electron chi connectivity index (χ2n) is 4.59. The number of halogens is 2. The molecule has 19 heavy (non-hydrogen) atoms. The summed E-state index contributed by atoms with van der Waals surface area (Å²) < 4.78 is 4.99. The van der Waals surface area contributed by atoms with E-state index in [9.17, 15) is 4.79 Å². The van der Waals surface area contributed by atoms with E-state index in [1.54, 1.807) is 7.11 Å². The Balaban J connectivity index is -0.00000128. The molecule has 0 aliphatic rings. The minimum Gasteiger partial charge on any atom is -0.383 e. The molecule has 2 unspecified atom stereocenters. The molecule has 0 aromatic carbocycles. The van der Waals surface area contributed by atoms with Gasteiger partial charge in [-0.15, -0.1) is 24.8 Å². The van der Waals surface area contributed by atoms with Crippen molar-refractivity contribution >= 4 is 30.7 Å². The summed E-state index contributed by atoms with van der Waals surface area (Å²) in [5, 5.41) is 2.90. The molecule has 0 rings (SSSR count). The van der Waals surface area contributed by atoms with E-state index < -0.39 is 0 Å². The number of hydrogen-bond donors (Lipinski definition) is 2. The lowest BCUT2D eigenvalue weighted by Gasteiger charge is -2.18. The Hall–Kier alpha value is -0.0700. The maximum Gasteiger partial charge on any atom is 0.224 e. The van der Waals surface area contributed by atoms with Crippen LogP contribution >= 0.6 is 24.8 Å². The van der Waals surface area contributed by atoms with Crippen LogP contribution in [0.2, 0.25) is 0 Å². The number of rotatable bonds is 9. The van der Waals surface area contributed by atoms with Crippen molar-refractivity contribution in [2.24, 2.45) is 11.7 Å². The van der Waals surface area contributed by atoms with Crippen LogP contribution in [0.4, 0.5) is 0 Å². The third-order valence-electron chi connectivity index (χ3n) is 2.90. The fraction of sp³-hybridized carbons (Fsp3) is 0.917. The van der Waals surface area contributed by atoms with Gasteiger partial charge in [-0.3, -0.25) is 4.79 Å². The summed E-state index contributed by atoms with van der Waals surface area (Å²) in [6, 6.07) is -0.0978. The van der Waals surface area contributed by atoms with Crippen molar-refractivity contribution in [2.75, 3.05) is 40.4 Å². The molecule has 0 spiro atoms. The Morgan fingerprint density at radius 1 is 1.32 bits per heavy atom. The lowest BCUT2D eigenvalue weighted by molar-refractivity contribution is -0.124. The topological polar surface area (TPSA) is 67.6 Å². The molecule has 2 atom stereocenters. The minimum absolute atomic E-state index is 0. The van der Waals surface area contributed by atoms with Gasteiger partial charge in [0, 0.05) is 32.2 Å². The largest absolute Gasteiger partial charge is 0.383 e. The third-order valence-corrected chi connectivity index (χ3v) is 2.90. The van der Waals surface area contributed by atoms with Gasteiger partial charge in [0.2, 0.25) is 5.91 Å². The van der Waals surface area contributed by atoms with Crippen LogP contribution in [0.25, 0.3) is 0 Å². The predicted octanol–water partition coefficient (Wildman–Crippen LogP) is 0.898. The predicted molar refractivity (Wildman–Crippen MR) is 84.3 cm³/mol. The maximum atomic E-state index is 11.6. The maximum absolute atomic E-state index is 11.6. The molecule has 118 valence electrons. The fourth-order valence-electron chi connectivity index (χ4n) is 1.32. The third kappa shape index (κ3) is 12.7. The molecule has 0 saturated carbocycles. The van der Waals surface area contributed by atoms with Crippen molar-refractivity contribution in [1.82, 2.24) is 10.2 Å². The van der Waals surface area contributed by atoms with Crippen LogP contribution in [-0.2, 0) is 9.53 Å². The molecule has 0 fully saturated rings. The molecule has 0 radical (unpaired) electrons. The molecule has 0 heterocycles. The van der Waals surface area contributed by atoms with Gasteiger partial charge in [0.15, 0.2) is 0 Å². The fourth-order valence-corrected chi connectivity index (χ4v) is 1.32. The summed E-state index contributed by atoms with van der Waals surface area (Å²) in [6.07, 6.45) is 0.942. The van der Waals surface area contributed by atoms with Crippen LogP contribution in [0.5, 0.6) is 0 Å². The molecule has 5 nitrogen and oxygen atoms in total.